The fourth-order valence-electron chi connectivity index (χ4n) is 3.97. The zero-order valence-corrected chi connectivity index (χ0v) is 13.8. The van der Waals surface area contributed by atoms with Crippen LogP contribution in [0.1, 0.15) is 55.3 Å². The first kappa shape index (κ1) is 16.5. The fourth-order valence-corrected chi connectivity index (χ4v) is 3.97. The van der Waals surface area contributed by atoms with E-state index in [-0.39, 0.29) is 0 Å². The molecule has 0 atom stereocenters. The molecule has 0 radical (unpaired) electrons. The number of hydrogen-bond acceptors (Lipinski definition) is 4. The maximum Gasteiger partial charge on any atom is 0.251 e. The van der Waals surface area contributed by atoms with E-state index in [1.54, 1.807) is 6.20 Å². The first-order chi connectivity index (χ1) is 11.0. The minimum atomic E-state index is -0.455. The number of hydrogen-bond donors (Lipinski definition) is 2. The Kier molecular flexibility index (Phi) is 5.02. The summed E-state index contributed by atoms with van der Waals surface area (Å²) in [5.74, 6) is 0.152. The molecule has 1 saturated heterocycles. The van der Waals surface area contributed by atoms with E-state index in [4.69, 9.17) is 5.73 Å². The Bertz CT molecular complexity index is 528. The lowest BCUT2D eigenvalue weighted by Crippen LogP contribution is -2.47. The van der Waals surface area contributed by atoms with E-state index in [0.717, 1.165) is 64.7 Å². The van der Waals surface area contributed by atoms with Gasteiger partial charge in [-0.3, -0.25) is 9.48 Å². The van der Waals surface area contributed by atoms with E-state index in [1.807, 2.05) is 4.68 Å². The number of aromatic nitrogens is 2. The van der Waals surface area contributed by atoms with Crippen molar-refractivity contribution in [1.29, 1.82) is 0 Å². The number of aliphatic hydroxyl groups is 1. The molecule has 128 valence electrons. The molecule has 2 heterocycles. The average Bonchev–Trinajstić information content (AvgIpc) is 2.98. The van der Waals surface area contributed by atoms with Gasteiger partial charge in [-0.15, -0.1) is 0 Å². The Morgan fingerprint density at radius 3 is 2.61 bits per heavy atom. The molecule has 1 aliphatic heterocycles. The molecule has 23 heavy (non-hydrogen) atoms. The van der Waals surface area contributed by atoms with E-state index in [9.17, 15) is 9.90 Å². The van der Waals surface area contributed by atoms with Crippen LogP contribution < -0.4 is 5.73 Å². The second-order valence-corrected chi connectivity index (χ2v) is 7.32. The number of carbonyl (C=O) groups excluding carboxylic acids is 1. The van der Waals surface area contributed by atoms with Crippen molar-refractivity contribution >= 4 is 5.91 Å². The summed E-state index contributed by atoms with van der Waals surface area (Å²) < 4.78 is 1.83. The quantitative estimate of drug-likeness (QED) is 0.858. The summed E-state index contributed by atoms with van der Waals surface area (Å²) in [6.07, 6.45) is 11.0. The van der Waals surface area contributed by atoms with Crippen molar-refractivity contribution in [2.45, 2.75) is 57.1 Å². The Morgan fingerprint density at radius 1 is 1.30 bits per heavy atom. The van der Waals surface area contributed by atoms with Crippen molar-refractivity contribution in [3.8, 4) is 0 Å². The second-order valence-electron chi connectivity index (χ2n) is 7.32. The highest BCUT2D eigenvalue weighted by Crippen LogP contribution is 2.30. The number of nitrogens with two attached hydrogens (primary N) is 1. The standard InChI is InChI=1S/C17H28N4O2/c18-16(22)15-10-19-21(12-15)11-14-4-8-20(9-5-14)13-17(23)6-2-1-3-7-17/h10,12,14,23H,1-9,11,13H2,(H2,18,22). The summed E-state index contributed by atoms with van der Waals surface area (Å²) in [7, 11) is 0. The van der Waals surface area contributed by atoms with Crippen LogP contribution in [0.25, 0.3) is 0 Å². The molecule has 1 aliphatic carbocycles. The predicted octanol–water partition coefficient (Wildman–Crippen LogP) is 1.39. The smallest absolute Gasteiger partial charge is 0.251 e. The van der Waals surface area contributed by atoms with Gasteiger partial charge in [-0.05, 0) is 44.7 Å². The molecule has 0 unspecified atom stereocenters. The number of likely N-dealkylation sites (tertiary alicyclic amines) is 1. The molecule has 0 aromatic carbocycles. The first-order valence-corrected chi connectivity index (χ1v) is 8.81. The SMILES string of the molecule is NC(=O)c1cnn(CC2CCN(CC3(O)CCCCC3)CC2)c1. The zero-order valence-electron chi connectivity index (χ0n) is 13.8. The van der Waals surface area contributed by atoms with E-state index >= 15 is 0 Å². The minimum Gasteiger partial charge on any atom is -0.389 e. The summed E-state index contributed by atoms with van der Waals surface area (Å²) in [4.78, 5) is 13.5. The van der Waals surface area contributed by atoms with Crippen LogP contribution in [-0.2, 0) is 6.54 Å². The van der Waals surface area contributed by atoms with Gasteiger partial charge in [0.1, 0.15) is 0 Å². The number of nitrogens with zero attached hydrogens (tertiary/aromatic N) is 3. The van der Waals surface area contributed by atoms with Crippen LogP contribution >= 0.6 is 0 Å². The summed E-state index contributed by atoms with van der Waals surface area (Å²) in [5, 5.41) is 14.9. The largest absolute Gasteiger partial charge is 0.389 e. The molecule has 0 bridgehead atoms. The third-order valence-corrected chi connectivity index (χ3v) is 5.37. The van der Waals surface area contributed by atoms with Gasteiger partial charge in [0.2, 0.25) is 0 Å². The van der Waals surface area contributed by atoms with E-state index < -0.39 is 11.5 Å². The van der Waals surface area contributed by atoms with Gasteiger partial charge in [0.25, 0.3) is 5.91 Å². The van der Waals surface area contributed by atoms with Crippen LogP contribution in [0.3, 0.4) is 0 Å². The number of piperidine rings is 1. The molecule has 1 amide bonds. The zero-order chi connectivity index (χ0) is 16.3. The maximum atomic E-state index is 11.1. The number of amides is 1. The van der Waals surface area contributed by atoms with Gasteiger partial charge in [-0.25, -0.2) is 0 Å². The highest BCUT2D eigenvalue weighted by Gasteiger charge is 2.32. The predicted molar refractivity (Wildman–Crippen MR) is 87.9 cm³/mol. The lowest BCUT2D eigenvalue weighted by atomic mass is 9.84. The van der Waals surface area contributed by atoms with Crippen molar-refractivity contribution in [3.63, 3.8) is 0 Å². The molecule has 6 nitrogen and oxygen atoms in total. The lowest BCUT2D eigenvalue weighted by Gasteiger charge is -2.40. The maximum absolute atomic E-state index is 11.1. The third-order valence-electron chi connectivity index (χ3n) is 5.37. The molecule has 1 aromatic heterocycles. The van der Waals surface area contributed by atoms with Crippen LogP contribution in [0.15, 0.2) is 12.4 Å². The summed E-state index contributed by atoms with van der Waals surface area (Å²) in [6, 6.07) is 0. The number of rotatable bonds is 5. The van der Waals surface area contributed by atoms with Gasteiger partial charge in [-0.2, -0.15) is 5.10 Å². The molecule has 1 saturated carbocycles. The van der Waals surface area contributed by atoms with E-state index in [0.29, 0.717) is 11.5 Å². The second kappa shape index (κ2) is 7.01. The molecule has 2 fully saturated rings. The van der Waals surface area contributed by atoms with Crippen molar-refractivity contribution < 1.29 is 9.90 Å². The summed E-state index contributed by atoms with van der Waals surface area (Å²) in [6.45, 7) is 3.74. The van der Waals surface area contributed by atoms with Crippen molar-refractivity contribution in [2.24, 2.45) is 11.7 Å². The van der Waals surface area contributed by atoms with Crippen molar-refractivity contribution in [2.75, 3.05) is 19.6 Å². The Morgan fingerprint density at radius 2 is 2.00 bits per heavy atom. The molecule has 2 aliphatic rings. The molecule has 0 spiro atoms. The van der Waals surface area contributed by atoms with Crippen LogP contribution in [0.5, 0.6) is 0 Å². The van der Waals surface area contributed by atoms with Crippen LogP contribution in [0.2, 0.25) is 0 Å². The van der Waals surface area contributed by atoms with Gasteiger partial charge in [-0.1, -0.05) is 19.3 Å². The van der Waals surface area contributed by atoms with Crippen LogP contribution in [-0.4, -0.2) is 50.9 Å². The summed E-state index contributed by atoms with van der Waals surface area (Å²) in [5.41, 5.74) is 5.28. The van der Waals surface area contributed by atoms with Gasteiger partial charge >= 0.3 is 0 Å². The monoisotopic (exact) mass is 320 g/mol. The molecule has 3 N–H and O–H groups in total. The molecule has 3 rings (SSSR count). The third kappa shape index (κ3) is 4.32. The highest BCUT2D eigenvalue weighted by atomic mass is 16.3. The lowest BCUT2D eigenvalue weighted by molar-refractivity contribution is -0.0332. The van der Waals surface area contributed by atoms with Gasteiger partial charge in [0, 0.05) is 19.3 Å². The Labute approximate surface area is 137 Å². The van der Waals surface area contributed by atoms with Crippen molar-refractivity contribution in [1.82, 2.24) is 14.7 Å². The number of carbonyl (C=O) groups is 1. The minimum absolute atomic E-state index is 0.424. The van der Waals surface area contributed by atoms with Crippen LogP contribution in [0, 0.1) is 5.92 Å². The Balaban J connectivity index is 1.45. The average molecular weight is 320 g/mol. The first-order valence-electron chi connectivity index (χ1n) is 8.81. The van der Waals surface area contributed by atoms with Gasteiger partial charge in [0.15, 0.2) is 0 Å². The fraction of sp³-hybridized carbons (Fsp3) is 0.765. The highest BCUT2D eigenvalue weighted by molar-refractivity contribution is 5.92. The number of β-amino-alcohol motifs (C(OH)–C–C–N with tert-alkyl or cyclic N) is 1. The number of primary amides is 1. The van der Waals surface area contributed by atoms with E-state index in [2.05, 4.69) is 10.00 Å². The Hall–Kier alpha value is -1.40. The van der Waals surface area contributed by atoms with Gasteiger partial charge < -0.3 is 15.7 Å². The van der Waals surface area contributed by atoms with Crippen molar-refractivity contribution in [3.05, 3.63) is 18.0 Å². The molecule has 6 heteroatoms. The normalized spacial score (nSPS) is 23.0. The topological polar surface area (TPSA) is 84.4 Å². The van der Waals surface area contributed by atoms with Crippen LogP contribution in [0.4, 0.5) is 0 Å². The molecule has 1 aromatic rings. The molecular weight excluding hydrogens is 292 g/mol. The molecular formula is C17H28N4O2. The summed E-state index contributed by atoms with van der Waals surface area (Å²) >= 11 is 0. The van der Waals surface area contributed by atoms with E-state index in [1.165, 1.54) is 12.6 Å². The van der Waals surface area contributed by atoms with Gasteiger partial charge in [0.05, 0.1) is 17.4 Å².